The average Bonchev–Trinajstić information content (AvgIpc) is 2.68. The minimum atomic E-state index is -1.02. The lowest BCUT2D eigenvalue weighted by molar-refractivity contribution is -0.0128. The van der Waals surface area contributed by atoms with E-state index in [-0.39, 0.29) is 18.9 Å². The second-order valence-electron chi connectivity index (χ2n) is 6.25. The topological polar surface area (TPSA) is 49.8 Å². The number of rotatable bonds is 1. The molecule has 6 heteroatoms. The quantitative estimate of drug-likeness (QED) is 0.867. The van der Waals surface area contributed by atoms with Crippen LogP contribution in [0.2, 0.25) is 0 Å². The first-order valence-electron chi connectivity index (χ1n) is 6.79. The zero-order chi connectivity index (χ0) is 15.8. The molecule has 0 aromatic heterocycles. The van der Waals surface area contributed by atoms with E-state index in [2.05, 4.69) is 0 Å². The highest BCUT2D eigenvalue weighted by Crippen LogP contribution is 2.32. The van der Waals surface area contributed by atoms with Gasteiger partial charge in [0.15, 0.2) is 0 Å². The Morgan fingerprint density at radius 2 is 1.86 bits per heavy atom. The maximum absolute atomic E-state index is 13.2. The highest BCUT2D eigenvalue weighted by Gasteiger charge is 2.37. The fraction of sp³-hybridized carbons (Fsp3) is 0.533. The first-order chi connectivity index (χ1) is 9.65. The first kappa shape index (κ1) is 15.7. The van der Waals surface area contributed by atoms with Gasteiger partial charge in [0.25, 0.3) is 0 Å². The van der Waals surface area contributed by atoms with Crippen LogP contribution in [-0.4, -0.2) is 34.5 Å². The van der Waals surface area contributed by atoms with Gasteiger partial charge in [-0.3, -0.25) is 4.90 Å². The molecule has 1 aliphatic rings. The predicted octanol–water partition coefficient (Wildman–Crippen LogP) is 3.01. The summed E-state index contributed by atoms with van der Waals surface area (Å²) in [4.78, 5) is 13.2. The van der Waals surface area contributed by atoms with E-state index in [9.17, 15) is 18.7 Å². The molecule has 0 radical (unpaired) electrons. The number of carbonyl (C=O) groups is 1. The standard InChI is InChI=1S/C15H19F2NO3/c1-15(2,3)21-14(20)18-8-10(6-13(18)19)9-4-11(16)7-12(17)5-9/h4-5,7,10,13,19H,6,8H2,1-3H3/t10-,13+/m1/s1. The van der Waals surface area contributed by atoms with Crippen LogP contribution in [0.1, 0.15) is 38.7 Å². The summed E-state index contributed by atoms with van der Waals surface area (Å²) >= 11 is 0. The molecule has 116 valence electrons. The molecule has 1 aliphatic heterocycles. The molecular weight excluding hydrogens is 280 g/mol. The van der Waals surface area contributed by atoms with Gasteiger partial charge < -0.3 is 9.84 Å². The zero-order valence-corrected chi connectivity index (χ0v) is 12.3. The van der Waals surface area contributed by atoms with Crippen molar-refractivity contribution in [1.29, 1.82) is 0 Å². The number of aliphatic hydroxyl groups excluding tert-OH is 1. The van der Waals surface area contributed by atoms with E-state index < -0.39 is 29.6 Å². The van der Waals surface area contributed by atoms with Crippen molar-refractivity contribution in [1.82, 2.24) is 4.90 Å². The number of benzene rings is 1. The monoisotopic (exact) mass is 299 g/mol. The Balaban J connectivity index is 2.12. The van der Waals surface area contributed by atoms with Gasteiger partial charge in [-0.2, -0.15) is 0 Å². The molecule has 1 aromatic carbocycles. The fourth-order valence-electron chi connectivity index (χ4n) is 2.38. The van der Waals surface area contributed by atoms with Crippen LogP contribution in [0, 0.1) is 11.6 Å². The maximum atomic E-state index is 13.2. The van der Waals surface area contributed by atoms with Gasteiger partial charge >= 0.3 is 6.09 Å². The van der Waals surface area contributed by atoms with Crippen LogP contribution in [-0.2, 0) is 4.74 Å². The van der Waals surface area contributed by atoms with Crippen molar-refractivity contribution in [2.45, 2.75) is 44.9 Å². The number of likely N-dealkylation sites (tertiary alicyclic amines) is 1. The molecule has 1 amide bonds. The summed E-state index contributed by atoms with van der Waals surface area (Å²) in [5.41, 5.74) is -0.238. The Bertz CT molecular complexity index is 522. The van der Waals surface area contributed by atoms with Crippen LogP contribution in [0.15, 0.2) is 18.2 Å². The number of hydrogen-bond donors (Lipinski definition) is 1. The van der Waals surface area contributed by atoms with Gasteiger partial charge in [0.1, 0.15) is 23.5 Å². The van der Waals surface area contributed by atoms with Gasteiger partial charge in [-0.25, -0.2) is 13.6 Å². The molecule has 1 saturated heterocycles. The van der Waals surface area contributed by atoms with Crippen molar-refractivity contribution in [3.05, 3.63) is 35.4 Å². The van der Waals surface area contributed by atoms with Gasteiger partial charge in [-0.1, -0.05) is 0 Å². The van der Waals surface area contributed by atoms with Gasteiger partial charge in [0, 0.05) is 24.9 Å². The number of carbonyl (C=O) groups excluding carboxylic acids is 1. The summed E-state index contributed by atoms with van der Waals surface area (Å²) in [5.74, 6) is -1.66. The molecule has 1 heterocycles. The third-order valence-electron chi connectivity index (χ3n) is 3.26. The molecule has 1 aromatic rings. The second-order valence-corrected chi connectivity index (χ2v) is 6.25. The first-order valence-corrected chi connectivity index (χ1v) is 6.79. The molecule has 1 N–H and O–H groups in total. The van der Waals surface area contributed by atoms with Crippen LogP contribution in [0.5, 0.6) is 0 Å². The lowest BCUT2D eigenvalue weighted by Gasteiger charge is -2.26. The third-order valence-corrected chi connectivity index (χ3v) is 3.26. The van der Waals surface area contributed by atoms with E-state index in [4.69, 9.17) is 4.74 Å². The van der Waals surface area contributed by atoms with Crippen LogP contribution in [0.25, 0.3) is 0 Å². The minimum Gasteiger partial charge on any atom is -0.444 e. The molecular formula is C15H19F2NO3. The number of nitrogens with zero attached hydrogens (tertiary/aromatic N) is 1. The Morgan fingerprint density at radius 3 is 2.38 bits per heavy atom. The van der Waals surface area contributed by atoms with E-state index in [1.54, 1.807) is 20.8 Å². The second kappa shape index (κ2) is 5.60. The van der Waals surface area contributed by atoms with Gasteiger partial charge in [0.05, 0.1) is 0 Å². The van der Waals surface area contributed by atoms with Gasteiger partial charge in [-0.15, -0.1) is 0 Å². The number of amides is 1. The number of halogens is 2. The van der Waals surface area contributed by atoms with Crippen molar-refractivity contribution in [3.8, 4) is 0 Å². The normalized spacial score (nSPS) is 22.5. The molecule has 4 nitrogen and oxygen atoms in total. The van der Waals surface area contributed by atoms with Crippen LogP contribution in [0.4, 0.5) is 13.6 Å². The fourth-order valence-corrected chi connectivity index (χ4v) is 2.38. The summed E-state index contributed by atoms with van der Waals surface area (Å²) < 4.78 is 31.7. The largest absolute Gasteiger partial charge is 0.444 e. The number of aliphatic hydroxyl groups is 1. The summed E-state index contributed by atoms with van der Waals surface area (Å²) in [6, 6.07) is 3.23. The smallest absolute Gasteiger partial charge is 0.412 e. The SMILES string of the molecule is CC(C)(C)OC(=O)N1C[C@H](c2cc(F)cc(F)c2)C[C@@H]1O. The minimum absolute atomic E-state index is 0.166. The number of ether oxygens (including phenoxy) is 1. The van der Waals surface area contributed by atoms with Gasteiger partial charge in [0.2, 0.25) is 0 Å². The molecule has 2 atom stereocenters. The Labute approximate surface area is 122 Å². The summed E-state index contributed by atoms with van der Waals surface area (Å²) in [5, 5.41) is 9.96. The highest BCUT2D eigenvalue weighted by atomic mass is 19.1. The number of hydrogen-bond acceptors (Lipinski definition) is 3. The third kappa shape index (κ3) is 3.91. The van der Waals surface area contributed by atoms with Crippen LogP contribution >= 0.6 is 0 Å². The summed E-state index contributed by atoms with van der Waals surface area (Å²) in [6.45, 7) is 5.35. The lowest BCUT2D eigenvalue weighted by atomic mass is 9.98. The van der Waals surface area contributed by atoms with E-state index in [0.717, 1.165) is 6.07 Å². The molecule has 0 unspecified atom stereocenters. The molecule has 21 heavy (non-hydrogen) atoms. The predicted molar refractivity (Wildman–Crippen MR) is 72.7 cm³/mol. The van der Waals surface area contributed by atoms with E-state index in [0.29, 0.717) is 5.56 Å². The Kier molecular flexibility index (Phi) is 4.18. The summed E-state index contributed by atoms with van der Waals surface area (Å²) in [6.07, 6.45) is -1.42. The van der Waals surface area contributed by atoms with Crippen molar-refractivity contribution < 1.29 is 23.4 Å². The highest BCUT2D eigenvalue weighted by molar-refractivity contribution is 5.69. The van der Waals surface area contributed by atoms with Crippen molar-refractivity contribution >= 4 is 6.09 Å². The molecule has 0 spiro atoms. The molecule has 0 aliphatic carbocycles. The molecule has 2 rings (SSSR count). The maximum Gasteiger partial charge on any atom is 0.412 e. The zero-order valence-electron chi connectivity index (χ0n) is 12.3. The van der Waals surface area contributed by atoms with E-state index in [1.807, 2.05) is 0 Å². The lowest BCUT2D eigenvalue weighted by Crippen LogP contribution is -2.39. The Hall–Kier alpha value is -1.69. The molecule has 0 bridgehead atoms. The average molecular weight is 299 g/mol. The van der Waals surface area contributed by atoms with Gasteiger partial charge in [-0.05, 0) is 38.5 Å². The van der Waals surface area contributed by atoms with E-state index >= 15 is 0 Å². The summed E-state index contributed by atoms with van der Waals surface area (Å²) in [7, 11) is 0. The molecule has 1 fully saturated rings. The van der Waals surface area contributed by atoms with Crippen molar-refractivity contribution in [3.63, 3.8) is 0 Å². The van der Waals surface area contributed by atoms with Crippen LogP contribution in [0.3, 0.4) is 0 Å². The van der Waals surface area contributed by atoms with Crippen molar-refractivity contribution in [2.75, 3.05) is 6.54 Å². The van der Waals surface area contributed by atoms with Crippen LogP contribution < -0.4 is 0 Å². The van der Waals surface area contributed by atoms with Crippen molar-refractivity contribution in [2.24, 2.45) is 0 Å². The molecule has 0 saturated carbocycles. The van der Waals surface area contributed by atoms with E-state index in [1.165, 1.54) is 17.0 Å². The Morgan fingerprint density at radius 1 is 1.29 bits per heavy atom.